The Morgan fingerprint density at radius 1 is 1.32 bits per heavy atom. The molecule has 2 aromatic rings. The minimum absolute atomic E-state index is 0.434. The second-order valence-corrected chi connectivity index (χ2v) is 5.40. The van der Waals surface area contributed by atoms with Crippen molar-refractivity contribution in [1.29, 1.82) is 0 Å². The summed E-state index contributed by atoms with van der Waals surface area (Å²) in [5, 5.41) is 4.20. The molecule has 0 fully saturated rings. The van der Waals surface area contributed by atoms with Gasteiger partial charge in [0, 0.05) is 18.5 Å². The van der Waals surface area contributed by atoms with Crippen LogP contribution in [-0.4, -0.2) is 14.8 Å². The lowest BCUT2D eigenvalue weighted by atomic mass is 9.85. The largest absolute Gasteiger partial charge is 0.321 e. The molecule has 2 rings (SSSR count). The standard InChI is InChI=1S/C15H22N4/c1-5-19-14(17-10-18-19)9-15(4,16)13-8-11(2)6-7-12(13)3/h6-8,10H,5,9,16H2,1-4H3. The smallest absolute Gasteiger partial charge is 0.138 e. The molecule has 0 aliphatic carbocycles. The predicted octanol–water partition coefficient (Wildman–Crippen LogP) is 2.33. The number of aryl methyl sites for hydroxylation is 3. The molecule has 4 heteroatoms. The highest BCUT2D eigenvalue weighted by atomic mass is 15.3. The molecule has 0 spiro atoms. The average Bonchev–Trinajstić information content (AvgIpc) is 2.78. The molecule has 0 aliphatic heterocycles. The topological polar surface area (TPSA) is 56.7 Å². The van der Waals surface area contributed by atoms with Crippen molar-refractivity contribution in [3.05, 3.63) is 47.0 Å². The average molecular weight is 258 g/mol. The van der Waals surface area contributed by atoms with Gasteiger partial charge in [-0.25, -0.2) is 4.98 Å². The van der Waals surface area contributed by atoms with E-state index in [4.69, 9.17) is 5.73 Å². The van der Waals surface area contributed by atoms with Crippen molar-refractivity contribution in [2.75, 3.05) is 0 Å². The van der Waals surface area contributed by atoms with Gasteiger partial charge >= 0.3 is 0 Å². The van der Waals surface area contributed by atoms with Crippen LogP contribution < -0.4 is 5.73 Å². The summed E-state index contributed by atoms with van der Waals surface area (Å²) in [4.78, 5) is 4.32. The number of nitrogens with zero attached hydrogens (tertiary/aromatic N) is 3. The van der Waals surface area contributed by atoms with E-state index >= 15 is 0 Å². The lowest BCUT2D eigenvalue weighted by molar-refractivity contribution is 0.454. The van der Waals surface area contributed by atoms with Crippen molar-refractivity contribution in [2.45, 2.75) is 46.2 Å². The molecule has 19 heavy (non-hydrogen) atoms. The first-order valence-electron chi connectivity index (χ1n) is 6.67. The van der Waals surface area contributed by atoms with Crippen molar-refractivity contribution in [3.63, 3.8) is 0 Å². The maximum atomic E-state index is 6.54. The summed E-state index contributed by atoms with van der Waals surface area (Å²) in [7, 11) is 0. The van der Waals surface area contributed by atoms with Crippen LogP contribution in [0.25, 0.3) is 0 Å². The quantitative estimate of drug-likeness (QED) is 0.915. The second-order valence-electron chi connectivity index (χ2n) is 5.40. The summed E-state index contributed by atoms with van der Waals surface area (Å²) < 4.78 is 1.90. The van der Waals surface area contributed by atoms with E-state index in [1.165, 1.54) is 16.7 Å². The Kier molecular flexibility index (Phi) is 3.71. The van der Waals surface area contributed by atoms with E-state index in [0.29, 0.717) is 6.42 Å². The van der Waals surface area contributed by atoms with Gasteiger partial charge in [-0.2, -0.15) is 5.10 Å². The maximum Gasteiger partial charge on any atom is 0.138 e. The molecule has 1 atom stereocenters. The molecule has 1 unspecified atom stereocenters. The predicted molar refractivity (Wildman–Crippen MR) is 76.9 cm³/mol. The van der Waals surface area contributed by atoms with Gasteiger partial charge < -0.3 is 5.73 Å². The van der Waals surface area contributed by atoms with E-state index in [9.17, 15) is 0 Å². The van der Waals surface area contributed by atoms with Gasteiger partial charge in [-0.3, -0.25) is 4.68 Å². The van der Waals surface area contributed by atoms with Crippen LogP contribution in [0.15, 0.2) is 24.5 Å². The zero-order valence-electron chi connectivity index (χ0n) is 12.1. The highest BCUT2D eigenvalue weighted by molar-refractivity contribution is 5.36. The SMILES string of the molecule is CCn1ncnc1CC(C)(N)c1cc(C)ccc1C. The minimum atomic E-state index is -0.434. The molecule has 0 saturated heterocycles. The van der Waals surface area contributed by atoms with Gasteiger partial charge in [0.2, 0.25) is 0 Å². The number of aromatic nitrogens is 3. The molecule has 1 aromatic carbocycles. The third kappa shape index (κ3) is 2.84. The number of hydrogen-bond donors (Lipinski definition) is 1. The highest BCUT2D eigenvalue weighted by Crippen LogP contribution is 2.26. The number of hydrogen-bond acceptors (Lipinski definition) is 3. The van der Waals surface area contributed by atoms with E-state index in [0.717, 1.165) is 12.4 Å². The minimum Gasteiger partial charge on any atom is -0.321 e. The monoisotopic (exact) mass is 258 g/mol. The van der Waals surface area contributed by atoms with Crippen LogP contribution in [0.2, 0.25) is 0 Å². The molecular weight excluding hydrogens is 236 g/mol. The van der Waals surface area contributed by atoms with Gasteiger partial charge in [0.25, 0.3) is 0 Å². The fourth-order valence-electron chi connectivity index (χ4n) is 2.46. The van der Waals surface area contributed by atoms with E-state index in [-0.39, 0.29) is 0 Å². The van der Waals surface area contributed by atoms with E-state index in [1.807, 2.05) is 4.68 Å². The Morgan fingerprint density at radius 3 is 2.74 bits per heavy atom. The number of benzene rings is 1. The molecule has 0 saturated carbocycles. The van der Waals surface area contributed by atoms with Crippen molar-refractivity contribution in [3.8, 4) is 0 Å². The summed E-state index contributed by atoms with van der Waals surface area (Å²) in [6, 6.07) is 6.41. The first kappa shape index (κ1) is 13.7. The van der Waals surface area contributed by atoms with Gasteiger partial charge in [0.1, 0.15) is 12.2 Å². The molecular formula is C15H22N4. The first-order valence-corrected chi connectivity index (χ1v) is 6.67. The summed E-state index contributed by atoms with van der Waals surface area (Å²) >= 11 is 0. The molecule has 4 nitrogen and oxygen atoms in total. The maximum absolute atomic E-state index is 6.54. The Labute approximate surface area is 114 Å². The normalized spacial score (nSPS) is 14.4. The second kappa shape index (κ2) is 5.13. The third-order valence-electron chi connectivity index (χ3n) is 3.53. The fourth-order valence-corrected chi connectivity index (χ4v) is 2.46. The van der Waals surface area contributed by atoms with Crippen LogP contribution in [0.1, 0.15) is 36.4 Å². The molecule has 0 amide bonds. The van der Waals surface area contributed by atoms with Gasteiger partial charge in [0.15, 0.2) is 0 Å². The van der Waals surface area contributed by atoms with Crippen LogP contribution in [0.4, 0.5) is 0 Å². The highest BCUT2D eigenvalue weighted by Gasteiger charge is 2.26. The molecule has 1 aromatic heterocycles. The van der Waals surface area contributed by atoms with Gasteiger partial charge in [-0.15, -0.1) is 0 Å². The van der Waals surface area contributed by atoms with E-state index in [1.54, 1.807) is 6.33 Å². The summed E-state index contributed by atoms with van der Waals surface area (Å²) in [6.45, 7) is 9.13. The third-order valence-corrected chi connectivity index (χ3v) is 3.53. The van der Waals surface area contributed by atoms with Crippen LogP contribution in [-0.2, 0) is 18.5 Å². The summed E-state index contributed by atoms with van der Waals surface area (Å²) in [5.41, 5.74) is 9.74. The number of rotatable bonds is 4. The summed E-state index contributed by atoms with van der Waals surface area (Å²) in [6.07, 6.45) is 2.28. The Bertz CT molecular complexity index is 569. The van der Waals surface area contributed by atoms with Crippen molar-refractivity contribution in [2.24, 2.45) is 5.73 Å². The lowest BCUT2D eigenvalue weighted by Crippen LogP contribution is -2.37. The summed E-state index contributed by atoms with van der Waals surface area (Å²) in [5.74, 6) is 0.938. The van der Waals surface area contributed by atoms with Crippen molar-refractivity contribution in [1.82, 2.24) is 14.8 Å². The van der Waals surface area contributed by atoms with Gasteiger partial charge in [-0.05, 0) is 38.8 Å². The van der Waals surface area contributed by atoms with E-state index in [2.05, 4.69) is 56.0 Å². The Morgan fingerprint density at radius 2 is 2.05 bits per heavy atom. The van der Waals surface area contributed by atoms with Crippen LogP contribution in [0.5, 0.6) is 0 Å². The zero-order chi connectivity index (χ0) is 14.0. The van der Waals surface area contributed by atoms with Crippen LogP contribution >= 0.6 is 0 Å². The van der Waals surface area contributed by atoms with Crippen molar-refractivity contribution < 1.29 is 0 Å². The molecule has 0 radical (unpaired) electrons. The molecule has 102 valence electrons. The van der Waals surface area contributed by atoms with Gasteiger partial charge in [0.05, 0.1) is 0 Å². The zero-order valence-corrected chi connectivity index (χ0v) is 12.1. The van der Waals surface area contributed by atoms with E-state index < -0.39 is 5.54 Å². The lowest BCUT2D eigenvalue weighted by Gasteiger charge is -2.27. The Hall–Kier alpha value is -1.68. The van der Waals surface area contributed by atoms with Crippen LogP contribution in [0, 0.1) is 13.8 Å². The number of nitrogens with two attached hydrogens (primary N) is 1. The van der Waals surface area contributed by atoms with Gasteiger partial charge in [-0.1, -0.05) is 23.8 Å². The molecule has 0 bridgehead atoms. The Balaban J connectivity index is 2.34. The molecule has 2 N–H and O–H groups in total. The first-order chi connectivity index (χ1) is 8.94. The fraction of sp³-hybridized carbons (Fsp3) is 0.467. The van der Waals surface area contributed by atoms with Crippen LogP contribution in [0.3, 0.4) is 0 Å². The molecule has 1 heterocycles. The van der Waals surface area contributed by atoms with Crippen molar-refractivity contribution >= 4 is 0 Å². The molecule has 0 aliphatic rings.